The Kier molecular flexibility index (Phi) is 3.38. The molecule has 2 fully saturated rings. The first-order valence-corrected chi connectivity index (χ1v) is 6.14. The maximum Gasteiger partial charge on any atom is 0.306 e. The number of nitrogens with zero attached hydrogens (tertiary/aromatic N) is 1. The Morgan fingerprint density at radius 3 is 2.41 bits per heavy atom. The van der Waals surface area contributed by atoms with Gasteiger partial charge in [0.2, 0.25) is 0 Å². The number of carboxylic acids is 1. The standard InChI is InChI=1S/C12H19NO4/c1-7-3-4-10(17-7)11(14)13(2)9-5-8(6-9)12(15)16/h7-10H,3-6H2,1-2H3,(H,15,16). The van der Waals surface area contributed by atoms with Crippen molar-refractivity contribution in [3.05, 3.63) is 0 Å². The van der Waals surface area contributed by atoms with Crippen LogP contribution in [0.3, 0.4) is 0 Å². The lowest BCUT2D eigenvalue weighted by molar-refractivity contribution is -0.153. The second-order valence-electron chi connectivity index (χ2n) is 5.12. The maximum atomic E-state index is 12.1. The van der Waals surface area contributed by atoms with E-state index < -0.39 is 5.97 Å². The fraction of sp³-hybridized carbons (Fsp3) is 0.833. The first kappa shape index (κ1) is 12.4. The van der Waals surface area contributed by atoms with Gasteiger partial charge in [0, 0.05) is 13.1 Å². The first-order chi connectivity index (χ1) is 7.99. The summed E-state index contributed by atoms with van der Waals surface area (Å²) in [5.74, 6) is -1.03. The third-order valence-electron chi connectivity index (χ3n) is 3.87. The fourth-order valence-corrected chi connectivity index (χ4v) is 2.50. The molecule has 0 spiro atoms. The molecule has 2 rings (SSSR count). The summed E-state index contributed by atoms with van der Waals surface area (Å²) in [4.78, 5) is 24.4. The molecule has 0 aromatic heterocycles. The van der Waals surface area contributed by atoms with E-state index in [2.05, 4.69) is 0 Å². The average Bonchev–Trinajstić information content (AvgIpc) is 2.60. The molecule has 5 heteroatoms. The van der Waals surface area contributed by atoms with Crippen LogP contribution in [0.4, 0.5) is 0 Å². The molecule has 2 unspecified atom stereocenters. The van der Waals surface area contributed by atoms with E-state index in [1.165, 1.54) is 0 Å². The van der Waals surface area contributed by atoms with Crippen LogP contribution in [0.15, 0.2) is 0 Å². The molecule has 0 aromatic carbocycles. The molecule has 0 bridgehead atoms. The van der Waals surface area contributed by atoms with Crippen LogP contribution < -0.4 is 0 Å². The normalized spacial score (nSPS) is 36.4. The van der Waals surface area contributed by atoms with E-state index in [1.54, 1.807) is 11.9 Å². The minimum absolute atomic E-state index is 0.00295. The molecule has 1 saturated carbocycles. The van der Waals surface area contributed by atoms with Gasteiger partial charge in [-0.05, 0) is 32.6 Å². The predicted octanol–water partition coefficient (Wildman–Crippen LogP) is 0.875. The lowest BCUT2D eigenvalue weighted by Gasteiger charge is -2.39. The number of ether oxygens (including phenoxy) is 1. The van der Waals surface area contributed by atoms with E-state index in [-0.39, 0.29) is 30.1 Å². The van der Waals surface area contributed by atoms with Crippen LogP contribution in [0.1, 0.15) is 32.6 Å². The molecule has 2 atom stereocenters. The molecule has 17 heavy (non-hydrogen) atoms. The number of likely N-dealkylation sites (N-methyl/N-ethyl adjacent to an activating group) is 1. The van der Waals surface area contributed by atoms with Crippen molar-refractivity contribution in [3.8, 4) is 0 Å². The molecule has 5 nitrogen and oxygen atoms in total. The van der Waals surface area contributed by atoms with Crippen molar-refractivity contribution >= 4 is 11.9 Å². The molecule has 1 aliphatic carbocycles. The molecule has 96 valence electrons. The summed E-state index contributed by atoms with van der Waals surface area (Å²) in [6, 6.07) is 0.0723. The number of carbonyl (C=O) groups excluding carboxylic acids is 1. The predicted molar refractivity (Wildman–Crippen MR) is 60.5 cm³/mol. The Morgan fingerprint density at radius 1 is 1.29 bits per heavy atom. The Balaban J connectivity index is 1.83. The van der Waals surface area contributed by atoms with Gasteiger partial charge in [-0.3, -0.25) is 9.59 Å². The van der Waals surface area contributed by atoms with E-state index >= 15 is 0 Å². The van der Waals surface area contributed by atoms with E-state index in [0.717, 1.165) is 12.8 Å². The summed E-state index contributed by atoms with van der Waals surface area (Å²) >= 11 is 0. The Hall–Kier alpha value is -1.10. The van der Waals surface area contributed by atoms with Gasteiger partial charge < -0.3 is 14.7 Å². The summed E-state index contributed by atoms with van der Waals surface area (Å²) in [5.41, 5.74) is 0. The van der Waals surface area contributed by atoms with Crippen LogP contribution >= 0.6 is 0 Å². The van der Waals surface area contributed by atoms with Gasteiger partial charge in [-0.25, -0.2) is 0 Å². The van der Waals surface area contributed by atoms with Crippen molar-refractivity contribution in [2.24, 2.45) is 5.92 Å². The van der Waals surface area contributed by atoms with Crippen molar-refractivity contribution in [1.82, 2.24) is 4.90 Å². The third-order valence-corrected chi connectivity index (χ3v) is 3.87. The molecule has 1 amide bonds. The monoisotopic (exact) mass is 241 g/mol. The van der Waals surface area contributed by atoms with Crippen LogP contribution in [0.25, 0.3) is 0 Å². The lowest BCUT2D eigenvalue weighted by atomic mass is 9.79. The molecule has 1 heterocycles. The van der Waals surface area contributed by atoms with E-state index in [0.29, 0.717) is 12.8 Å². The number of amides is 1. The second-order valence-corrected chi connectivity index (χ2v) is 5.12. The molecule has 2 aliphatic rings. The van der Waals surface area contributed by atoms with E-state index in [1.807, 2.05) is 6.92 Å². The summed E-state index contributed by atoms with van der Waals surface area (Å²) in [6.07, 6.45) is 2.68. The van der Waals surface area contributed by atoms with Gasteiger partial charge in [0.15, 0.2) is 0 Å². The van der Waals surface area contributed by atoms with E-state index in [4.69, 9.17) is 9.84 Å². The quantitative estimate of drug-likeness (QED) is 0.796. The summed E-state index contributed by atoms with van der Waals surface area (Å²) in [6.45, 7) is 1.97. The highest BCUT2D eigenvalue weighted by Gasteiger charge is 2.40. The number of rotatable bonds is 3. The molecule has 0 radical (unpaired) electrons. The van der Waals surface area contributed by atoms with Gasteiger partial charge in [0.25, 0.3) is 5.91 Å². The average molecular weight is 241 g/mol. The van der Waals surface area contributed by atoms with Crippen molar-refractivity contribution in [1.29, 1.82) is 0 Å². The van der Waals surface area contributed by atoms with E-state index in [9.17, 15) is 9.59 Å². The lowest BCUT2D eigenvalue weighted by Crippen LogP contribution is -2.50. The minimum Gasteiger partial charge on any atom is -0.481 e. The van der Waals surface area contributed by atoms with Crippen LogP contribution in [0.5, 0.6) is 0 Å². The highest BCUT2D eigenvalue weighted by Crippen LogP contribution is 2.32. The molecular weight excluding hydrogens is 222 g/mol. The smallest absolute Gasteiger partial charge is 0.306 e. The second kappa shape index (κ2) is 4.64. The topological polar surface area (TPSA) is 66.8 Å². The summed E-state index contributed by atoms with van der Waals surface area (Å²) in [5, 5.41) is 8.79. The van der Waals surface area contributed by atoms with Gasteiger partial charge in [-0.1, -0.05) is 0 Å². The van der Waals surface area contributed by atoms with Crippen LogP contribution in [-0.2, 0) is 14.3 Å². The number of carbonyl (C=O) groups is 2. The largest absolute Gasteiger partial charge is 0.481 e. The van der Waals surface area contributed by atoms with Gasteiger partial charge in [-0.15, -0.1) is 0 Å². The number of carboxylic acid groups (broad SMARTS) is 1. The van der Waals surface area contributed by atoms with Gasteiger partial charge in [0.05, 0.1) is 12.0 Å². The van der Waals surface area contributed by atoms with Gasteiger partial charge in [0.1, 0.15) is 6.10 Å². The number of aliphatic carboxylic acids is 1. The zero-order valence-corrected chi connectivity index (χ0v) is 10.3. The number of hydrogen-bond acceptors (Lipinski definition) is 3. The first-order valence-electron chi connectivity index (χ1n) is 6.14. The Morgan fingerprint density at radius 2 is 1.94 bits per heavy atom. The van der Waals surface area contributed by atoms with Crippen LogP contribution in [-0.4, -0.2) is 47.2 Å². The minimum atomic E-state index is -0.757. The van der Waals surface area contributed by atoms with Crippen molar-refractivity contribution in [2.75, 3.05) is 7.05 Å². The van der Waals surface area contributed by atoms with Crippen molar-refractivity contribution < 1.29 is 19.4 Å². The highest BCUT2D eigenvalue weighted by molar-refractivity contribution is 5.82. The highest BCUT2D eigenvalue weighted by atomic mass is 16.5. The molecule has 1 saturated heterocycles. The zero-order chi connectivity index (χ0) is 12.6. The maximum absolute atomic E-state index is 12.1. The Bertz CT molecular complexity index is 324. The molecule has 1 N–H and O–H groups in total. The Labute approximate surface area is 101 Å². The van der Waals surface area contributed by atoms with Gasteiger partial charge >= 0.3 is 5.97 Å². The number of hydrogen-bond donors (Lipinski definition) is 1. The third kappa shape index (κ3) is 2.44. The molecule has 1 aliphatic heterocycles. The van der Waals surface area contributed by atoms with Crippen LogP contribution in [0.2, 0.25) is 0 Å². The fourth-order valence-electron chi connectivity index (χ4n) is 2.50. The van der Waals surface area contributed by atoms with Crippen molar-refractivity contribution in [3.63, 3.8) is 0 Å². The van der Waals surface area contributed by atoms with Crippen molar-refractivity contribution in [2.45, 2.75) is 50.9 Å². The zero-order valence-electron chi connectivity index (χ0n) is 10.3. The molecule has 0 aromatic rings. The van der Waals surface area contributed by atoms with Gasteiger partial charge in [-0.2, -0.15) is 0 Å². The summed E-state index contributed by atoms with van der Waals surface area (Å²) in [7, 11) is 1.75. The molecular formula is C12H19NO4. The summed E-state index contributed by atoms with van der Waals surface area (Å²) < 4.78 is 5.53. The SMILES string of the molecule is CC1CCC(C(=O)N(C)C2CC(C(=O)O)C2)O1. The van der Waals surface area contributed by atoms with Crippen LogP contribution in [0, 0.1) is 5.92 Å².